The fourth-order valence-electron chi connectivity index (χ4n) is 4.28. The highest BCUT2D eigenvalue weighted by Gasteiger charge is 2.23. The number of guanidine groups is 1. The summed E-state index contributed by atoms with van der Waals surface area (Å²) < 4.78 is 6.11. The Labute approximate surface area is 197 Å². The zero-order valence-electron chi connectivity index (χ0n) is 17.8. The second kappa shape index (κ2) is 11.6. The van der Waals surface area contributed by atoms with Gasteiger partial charge in [-0.2, -0.15) is 0 Å². The van der Waals surface area contributed by atoms with Crippen LogP contribution in [0.3, 0.4) is 0 Å². The zero-order chi connectivity index (χ0) is 19.9. The number of ether oxygens (including phenoxy) is 1. The Morgan fingerprint density at radius 2 is 1.70 bits per heavy atom. The number of fused-ring (bicyclic) bond motifs is 1. The van der Waals surface area contributed by atoms with E-state index in [2.05, 4.69) is 44.4 Å². The maximum absolute atomic E-state index is 6.11. The SMILES string of the molecule is CN=C(NCCN1CCc2ccccc2C1)N1CCC(Oc2ccccc2)CC1.I. The molecule has 0 aliphatic carbocycles. The van der Waals surface area contributed by atoms with E-state index >= 15 is 0 Å². The molecule has 0 saturated carbocycles. The summed E-state index contributed by atoms with van der Waals surface area (Å²) in [4.78, 5) is 9.40. The fourth-order valence-corrected chi connectivity index (χ4v) is 4.28. The molecule has 1 fully saturated rings. The minimum Gasteiger partial charge on any atom is -0.490 e. The first-order valence-corrected chi connectivity index (χ1v) is 10.8. The number of likely N-dealkylation sites (tertiary alicyclic amines) is 1. The van der Waals surface area contributed by atoms with Crippen molar-refractivity contribution in [3.63, 3.8) is 0 Å². The van der Waals surface area contributed by atoms with Crippen LogP contribution in [0.5, 0.6) is 5.75 Å². The Kier molecular flexibility index (Phi) is 8.81. The summed E-state index contributed by atoms with van der Waals surface area (Å²) in [5.41, 5.74) is 2.98. The molecule has 0 bridgehead atoms. The van der Waals surface area contributed by atoms with Gasteiger partial charge in [0.05, 0.1) is 0 Å². The minimum atomic E-state index is 0. The predicted molar refractivity (Wildman–Crippen MR) is 134 cm³/mol. The van der Waals surface area contributed by atoms with Crippen molar-refractivity contribution in [2.45, 2.75) is 31.9 Å². The molecule has 1 N–H and O–H groups in total. The van der Waals surface area contributed by atoms with Crippen molar-refractivity contribution in [2.75, 3.05) is 39.8 Å². The highest BCUT2D eigenvalue weighted by molar-refractivity contribution is 14.0. The molecule has 6 heteroatoms. The van der Waals surface area contributed by atoms with Crippen molar-refractivity contribution in [3.05, 3.63) is 65.7 Å². The summed E-state index contributed by atoms with van der Waals surface area (Å²) in [6.45, 7) is 6.12. The number of rotatable bonds is 5. The first-order chi connectivity index (χ1) is 14.3. The van der Waals surface area contributed by atoms with E-state index in [-0.39, 0.29) is 24.0 Å². The van der Waals surface area contributed by atoms with Gasteiger partial charge in [0.15, 0.2) is 5.96 Å². The summed E-state index contributed by atoms with van der Waals surface area (Å²) in [5.74, 6) is 1.98. The van der Waals surface area contributed by atoms with Gasteiger partial charge in [0.25, 0.3) is 0 Å². The highest BCUT2D eigenvalue weighted by atomic mass is 127. The van der Waals surface area contributed by atoms with Gasteiger partial charge in [-0.05, 0) is 29.7 Å². The van der Waals surface area contributed by atoms with E-state index < -0.39 is 0 Å². The number of aliphatic imine (C=N–C) groups is 1. The molecule has 0 spiro atoms. The monoisotopic (exact) mass is 520 g/mol. The van der Waals surface area contributed by atoms with Crippen molar-refractivity contribution in [2.24, 2.45) is 4.99 Å². The van der Waals surface area contributed by atoms with Gasteiger partial charge in [-0.3, -0.25) is 9.89 Å². The third-order valence-corrected chi connectivity index (χ3v) is 5.92. The number of halogens is 1. The summed E-state index contributed by atoms with van der Waals surface area (Å²) >= 11 is 0. The molecule has 5 nitrogen and oxygen atoms in total. The molecule has 1 saturated heterocycles. The van der Waals surface area contributed by atoms with E-state index in [4.69, 9.17) is 4.74 Å². The maximum Gasteiger partial charge on any atom is 0.193 e. The quantitative estimate of drug-likeness (QED) is 0.370. The van der Waals surface area contributed by atoms with Crippen LogP contribution >= 0.6 is 24.0 Å². The van der Waals surface area contributed by atoms with Crippen LogP contribution < -0.4 is 10.1 Å². The number of para-hydroxylation sites is 1. The third kappa shape index (κ3) is 6.11. The van der Waals surface area contributed by atoms with Crippen LogP contribution in [0.4, 0.5) is 0 Å². The van der Waals surface area contributed by atoms with Crippen LogP contribution in [-0.4, -0.2) is 61.6 Å². The van der Waals surface area contributed by atoms with Gasteiger partial charge in [-0.1, -0.05) is 42.5 Å². The topological polar surface area (TPSA) is 40.1 Å². The van der Waals surface area contributed by atoms with Crippen molar-refractivity contribution >= 4 is 29.9 Å². The number of hydrogen-bond acceptors (Lipinski definition) is 3. The first-order valence-electron chi connectivity index (χ1n) is 10.8. The Morgan fingerprint density at radius 3 is 2.43 bits per heavy atom. The van der Waals surface area contributed by atoms with E-state index in [0.717, 1.165) is 70.2 Å². The molecule has 2 aromatic rings. The predicted octanol–water partition coefficient (Wildman–Crippen LogP) is 3.78. The summed E-state index contributed by atoms with van der Waals surface area (Å²) in [6.07, 6.45) is 3.50. The van der Waals surface area contributed by atoms with Crippen LogP contribution in [-0.2, 0) is 13.0 Å². The average molecular weight is 520 g/mol. The molecule has 2 heterocycles. The fraction of sp³-hybridized carbons (Fsp3) is 0.458. The van der Waals surface area contributed by atoms with E-state index in [9.17, 15) is 0 Å². The lowest BCUT2D eigenvalue weighted by Gasteiger charge is -2.35. The molecule has 30 heavy (non-hydrogen) atoms. The van der Waals surface area contributed by atoms with Gasteiger partial charge in [0, 0.05) is 59.2 Å². The van der Waals surface area contributed by atoms with Gasteiger partial charge < -0.3 is 15.0 Å². The van der Waals surface area contributed by atoms with Gasteiger partial charge >= 0.3 is 0 Å². The van der Waals surface area contributed by atoms with Crippen LogP contribution in [0.1, 0.15) is 24.0 Å². The molecule has 0 radical (unpaired) electrons. The molecule has 0 unspecified atom stereocenters. The van der Waals surface area contributed by atoms with E-state index in [1.165, 1.54) is 11.1 Å². The second-order valence-corrected chi connectivity index (χ2v) is 7.89. The van der Waals surface area contributed by atoms with E-state index in [0.29, 0.717) is 6.10 Å². The Morgan fingerprint density at radius 1 is 1.00 bits per heavy atom. The Balaban J connectivity index is 0.00000256. The van der Waals surface area contributed by atoms with Crippen LogP contribution in [0.25, 0.3) is 0 Å². The molecule has 4 rings (SSSR count). The summed E-state index contributed by atoms with van der Waals surface area (Å²) in [6, 6.07) is 19.0. The normalized spacial score (nSPS) is 17.8. The van der Waals surface area contributed by atoms with Crippen LogP contribution in [0.2, 0.25) is 0 Å². The van der Waals surface area contributed by atoms with E-state index in [1.807, 2.05) is 37.4 Å². The number of nitrogens with zero attached hydrogens (tertiary/aromatic N) is 3. The van der Waals surface area contributed by atoms with Crippen molar-refractivity contribution in [3.8, 4) is 5.75 Å². The largest absolute Gasteiger partial charge is 0.490 e. The molecule has 162 valence electrons. The Hall–Kier alpha value is -1.80. The lowest BCUT2D eigenvalue weighted by atomic mass is 10.00. The Bertz CT molecular complexity index is 806. The molecule has 2 aliphatic rings. The summed E-state index contributed by atoms with van der Waals surface area (Å²) in [7, 11) is 1.88. The van der Waals surface area contributed by atoms with Crippen LogP contribution in [0.15, 0.2) is 59.6 Å². The van der Waals surface area contributed by atoms with Gasteiger partial charge in [-0.15, -0.1) is 24.0 Å². The number of nitrogens with one attached hydrogen (secondary N) is 1. The molecular formula is C24H33IN4O. The lowest BCUT2D eigenvalue weighted by molar-refractivity contribution is 0.129. The standard InChI is InChI=1S/C24H32N4O.HI/c1-25-24(26-14-18-27-15-11-20-7-5-6-8-21(20)19-27)28-16-12-23(13-17-28)29-22-9-3-2-4-10-22;/h2-10,23H,11-19H2,1H3,(H,25,26);1H. The zero-order valence-corrected chi connectivity index (χ0v) is 20.1. The van der Waals surface area contributed by atoms with Crippen molar-refractivity contribution in [1.29, 1.82) is 0 Å². The number of hydrogen-bond donors (Lipinski definition) is 1. The average Bonchev–Trinajstić information content (AvgIpc) is 2.78. The smallest absolute Gasteiger partial charge is 0.193 e. The summed E-state index contributed by atoms with van der Waals surface area (Å²) in [5, 5.41) is 3.57. The molecular weight excluding hydrogens is 487 g/mol. The maximum atomic E-state index is 6.11. The first kappa shape index (κ1) is 22.9. The molecule has 2 aromatic carbocycles. The van der Waals surface area contributed by atoms with Gasteiger partial charge in [-0.25, -0.2) is 0 Å². The molecule has 0 amide bonds. The van der Waals surface area contributed by atoms with Crippen molar-refractivity contribution in [1.82, 2.24) is 15.1 Å². The second-order valence-electron chi connectivity index (χ2n) is 7.89. The lowest BCUT2D eigenvalue weighted by Crippen LogP contribution is -2.49. The highest BCUT2D eigenvalue weighted by Crippen LogP contribution is 2.19. The molecule has 2 aliphatic heterocycles. The number of piperidine rings is 1. The van der Waals surface area contributed by atoms with Gasteiger partial charge in [0.1, 0.15) is 11.9 Å². The molecule has 0 atom stereocenters. The minimum absolute atomic E-state index is 0. The van der Waals surface area contributed by atoms with Gasteiger partial charge in [0.2, 0.25) is 0 Å². The third-order valence-electron chi connectivity index (χ3n) is 5.92. The van der Waals surface area contributed by atoms with E-state index in [1.54, 1.807) is 0 Å². The number of benzene rings is 2. The van der Waals surface area contributed by atoms with Crippen LogP contribution in [0, 0.1) is 0 Å². The van der Waals surface area contributed by atoms with Crippen molar-refractivity contribution < 1.29 is 4.74 Å². The molecule has 0 aromatic heterocycles.